The first-order valence-electron chi connectivity index (χ1n) is 8.67. The summed E-state index contributed by atoms with van der Waals surface area (Å²) in [6.07, 6.45) is -0.665. The van der Waals surface area contributed by atoms with Gasteiger partial charge < -0.3 is 5.11 Å². The topological polar surface area (TPSA) is 42.2 Å². The quantitative estimate of drug-likeness (QED) is 0.288. The molecule has 0 aliphatic carbocycles. The molecule has 0 spiro atoms. The van der Waals surface area contributed by atoms with Gasteiger partial charge in [0.05, 0.1) is 16.3 Å². The van der Waals surface area contributed by atoms with Crippen molar-refractivity contribution in [3.63, 3.8) is 0 Å². The van der Waals surface area contributed by atoms with Gasteiger partial charge in [-0.2, -0.15) is 0 Å². The summed E-state index contributed by atoms with van der Waals surface area (Å²) in [6.45, 7) is 19.3. The number of hydrogen-bond acceptors (Lipinski definition) is 2. The van der Waals surface area contributed by atoms with Crippen LogP contribution in [0.5, 0.6) is 0 Å². The Kier molecular flexibility index (Phi) is 6.80. The molecule has 3 nitrogen and oxygen atoms in total. The maximum absolute atomic E-state index is 12.8. The van der Waals surface area contributed by atoms with E-state index in [-0.39, 0.29) is 16.0 Å². The van der Waals surface area contributed by atoms with Gasteiger partial charge in [-0.3, -0.25) is 9.36 Å². The molecule has 0 saturated carbocycles. The third-order valence-corrected chi connectivity index (χ3v) is 10.6. The average Bonchev–Trinajstić information content (AvgIpc) is 2.43. The van der Waals surface area contributed by atoms with E-state index in [1.165, 1.54) is 0 Å². The number of nitrogens with zero attached hydrogens (tertiary/aromatic N) is 1. The number of aliphatic hydroxyl groups is 1. The number of pyridine rings is 1. The van der Waals surface area contributed by atoms with Crippen LogP contribution in [0.3, 0.4) is 0 Å². The molecule has 0 amide bonds. The molecular weight excluding hydrogens is 441 g/mol. The molecule has 1 N–H and O–H groups in total. The highest BCUT2D eigenvalue weighted by atomic mass is 127. The summed E-state index contributed by atoms with van der Waals surface area (Å²) in [4.78, 5) is 12.8. The molecule has 0 aliphatic rings. The molecular formula is C20H32INO2Si. The normalized spacial score (nSPS) is 14.0. The van der Waals surface area contributed by atoms with Gasteiger partial charge >= 0.3 is 0 Å². The van der Waals surface area contributed by atoms with Gasteiger partial charge in [0.2, 0.25) is 0 Å². The second kappa shape index (κ2) is 7.57. The molecule has 0 aliphatic heterocycles. The standard InChI is InChI=1S/C20H32INO2Si/c1-14-15(17(23)19(2,3)4)13-16(21)22(18(14)24)11-10-12-25(8,9)20(5,6)7/h13,17,23H,11H2,1-9H3/t17-/m0/s1. The first kappa shape index (κ1) is 22.5. The molecule has 1 aromatic heterocycles. The summed E-state index contributed by atoms with van der Waals surface area (Å²) in [5, 5.41) is 10.8. The third kappa shape index (κ3) is 5.21. The zero-order valence-corrected chi connectivity index (χ0v) is 20.2. The van der Waals surface area contributed by atoms with Gasteiger partial charge in [0.25, 0.3) is 5.56 Å². The van der Waals surface area contributed by atoms with Crippen molar-refractivity contribution >= 4 is 30.7 Å². The van der Waals surface area contributed by atoms with Crippen molar-refractivity contribution in [1.82, 2.24) is 4.57 Å². The van der Waals surface area contributed by atoms with Gasteiger partial charge in [0.15, 0.2) is 0 Å². The predicted octanol–water partition coefficient (Wildman–Crippen LogP) is 4.89. The largest absolute Gasteiger partial charge is 0.388 e. The van der Waals surface area contributed by atoms with Crippen LogP contribution in [0, 0.1) is 27.5 Å². The van der Waals surface area contributed by atoms with Crippen molar-refractivity contribution in [3.05, 3.63) is 31.2 Å². The zero-order chi connectivity index (χ0) is 19.8. The number of rotatable bonds is 2. The highest BCUT2D eigenvalue weighted by Gasteiger charge is 2.33. The van der Waals surface area contributed by atoms with E-state index in [1.54, 1.807) is 11.5 Å². The number of aliphatic hydroxyl groups excluding tert-OH is 1. The highest BCUT2D eigenvalue weighted by Crippen LogP contribution is 2.35. The van der Waals surface area contributed by atoms with Gasteiger partial charge in [0.1, 0.15) is 8.07 Å². The number of halogens is 1. The second-order valence-corrected chi connectivity index (χ2v) is 15.5. The lowest BCUT2D eigenvalue weighted by Gasteiger charge is -2.31. The molecule has 5 heteroatoms. The van der Waals surface area contributed by atoms with E-state index in [1.807, 2.05) is 26.8 Å². The van der Waals surface area contributed by atoms with Crippen LogP contribution in [0.1, 0.15) is 58.8 Å². The van der Waals surface area contributed by atoms with Gasteiger partial charge in [-0.1, -0.05) is 60.6 Å². The zero-order valence-electron chi connectivity index (χ0n) is 17.0. The van der Waals surface area contributed by atoms with Crippen molar-refractivity contribution in [2.24, 2.45) is 5.41 Å². The fourth-order valence-corrected chi connectivity index (χ4v) is 3.78. The fourth-order valence-electron chi connectivity index (χ4n) is 2.16. The molecule has 0 fully saturated rings. The summed E-state index contributed by atoms with van der Waals surface area (Å²) in [6, 6.07) is 1.92. The van der Waals surface area contributed by atoms with Crippen molar-refractivity contribution < 1.29 is 5.11 Å². The van der Waals surface area contributed by atoms with Gasteiger partial charge in [0, 0.05) is 5.56 Å². The third-order valence-electron chi connectivity index (χ3n) is 5.16. The first-order chi connectivity index (χ1) is 11.1. The van der Waals surface area contributed by atoms with E-state index in [0.29, 0.717) is 12.1 Å². The van der Waals surface area contributed by atoms with Crippen LogP contribution < -0.4 is 5.56 Å². The lowest BCUT2D eigenvalue weighted by atomic mass is 9.84. The van der Waals surface area contributed by atoms with Crippen molar-refractivity contribution in [2.75, 3.05) is 0 Å². The smallest absolute Gasteiger partial charge is 0.255 e. The first-order valence-corrected chi connectivity index (χ1v) is 12.8. The minimum atomic E-state index is -1.68. The molecule has 1 atom stereocenters. The SMILES string of the molecule is Cc1c([C@H](O)C(C)(C)C)cc(I)n(CC#C[Si](C)(C)C(C)(C)C)c1=O. The second-order valence-electron chi connectivity index (χ2n) is 9.38. The van der Waals surface area contributed by atoms with Crippen LogP contribution in [0.15, 0.2) is 10.9 Å². The molecule has 0 radical (unpaired) electrons. The van der Waals surface area contributed by atoms with E-state index in [2.05, 4.69) is 67.9 Å². The lowest BCUT2D eigenvalue weighted by molar-refractivity contribution is 0.0618. The van der Waals surface area contributed by atoms with Crippen molar-refractivity contribution in [3.8, 4) is 11.5 Å². The van der Waals surface area contributed by atoms with Crippen LogP contribution in [-0.4, -0.2) is 17.7 Å². The Bertz CT molecular complexity index is 755. The Hall–Kier alpha value is -0.583. The number of hydrogen-bond donors (Lipinski definition) is 1. The molecule has 0 saturated heterocycles. The van der Waals surface area contributed by atoms with E-state index in [9.17, 15) is 9.90 Å². The van der Waals surface area contributed by atoms with E-state index in [4.69, 9.17) is 0 Å². The molecule has 0 aromatic carbocycles. The summed E-state index contributed by atoms with van der Waals surface area (Å²) in [7, 11) is -1.68. The van der Waals surface area contributed by atoms with Crippen LogP contribution in [0.25, 0.3) is 0 Å². The van der Waals surface area contributed by atoms with Gasteiger partial charge in [-0.25, -0.2) is 0 Å². The van der Waals surface area contributed by atoms with Crippen molar-refractivity contribution in [1.29, 1.82) is 0 Å². The molecule has 140 valence electrons. The maximum atomic E-state index is 12.8. The Morgan fingerprint density at radius 2 is 1.76 bits per heavy atom. The Labute approximate surface area is 167 Å². The minimum absolute atomic E-state index is 0.0604. The minimum Gasteiger partial charge on any atom is -0.388 e. The molecule has 1 rings (SSSR count). The maximum Gasteiger partial charge on any atom is 0.255 e. The van der Waals surface area contributed by atoms with E-state index in [0.717, 1.165) is 9.26 Å². The van der Waals surface area contributed by atoms with E-state index < -0.39 is 14.2 Å². The van der Waals surface area contributed by atoms with Crippen LogP contribution in [-0.2, 0) is 6.54 Å². The molecule has 1 aromatic rings. The van der Waals surface area contributed by atoms with Crippen LogP contribution >= 0.6 is 22.6 Å². The monoisotopic (exact) mass is 473 g/mol. The Morgan fingerprint density at radius 1 is 1.24 bits per heavy atom. The lowest BCUT2D eigenvalue weighted by Crippen LogP contribution is -2.36. The average molecular weight is 473 g/mol. The summed E-state index contributed by atoms with van der Waals surface area (Å²) < 4.78 is 2.52. The molecule has 0 unspecified atom stereocenters. The predicted molar refractivity (Wildman–Crippen MR) is 118 cm³/mol. The summed E-state index contributed by atoms with van der Waals surface area (Å²) in [5.41, 5.74) is 4.41. The number of aromatic nitrogens is 1. The fraction of sp³-hybridized carbons (Fsp3) is 0.650. The Morgan fingerprint density at radius 3 is 2.20 bits per heavy atom. The molecule has 0 bridgehead atoms. The molecule has 25 heavy (non-hydrogen) atoms. The van der Waals surface area contributed by atoms with Gasteiger partial charge in [-0.15, -0.1) is 5.54 Å². The Balaban J connectivity index is 3.27. The van der Waals surface area contributed by atoms with Crippen LogP contribution in [0.2, 0.25) is 18.1 Å². The van der Waals surface area contributed by atoms with E-state index >= 15 is 0 Å². The van der Waals surface area contributed by atoms with Crippen LogP contribution in [0.4, 0.5) is 0 Å². The van der Waals surface area contributed by atoms with Crippen molar-refractivity contribution in [2.45, 2.75) is 79.2 Å². The highest BCUT2D eigenvalue weighted by molar-refractivity contribution is 14.1. The molecule has 1 heterocycles. The summed E-state index contributed by atoms with van der Waals surface area (Å²) in [5.74, 6) is 3.24. The summed E-state index contributed by atoms with van der Waals surface area (Å²) >= 11 is 2.16. The van der Waals surface area contributed by atoms with Gasteiger partial charge in [-0.05, 0) is 51.6 Å².